The van der Waals surface area contributed by atoms with Crippen molar-refractivity contribution in [1.29, 1.82) is 0 Å². The van der Waals surface area contributed by atoms with Gasteiger partial charge in [0.05, 0.1) is 5.75 Å². The van der Waals surface area contributed by atoms with Crippen molar-refractivity contribution >= 4 is 38.0 Å². The number of fused-ring (bicyclic) bond motifs is 1. The average Bonchev–Trinajstić information content (AvgIpc) is 2.87. The molecule has 2 rings (SSSR count). The first-order valence-electron chi connectivity index (χ1n) is 5.57. The van der Waals surface area contributed by atoms with Crippen LogP contribution in [0, 0.1) is 10.1 Å². The van der Waals surface area contributed by atoms with Crippen LogP contribution in [-0.2, 0) is 10.0 Å². The molecule has 0 amide bonds. The van der Waals surface area contributed by atoms with E-state index in [-0.39, 0.29) is 23.9 Å². The molecule has 0 unspecified atom stereocenters. The van der Waals surface area contributed by atoms with Gasteiger partial charge in [0.1, 0.15) is 6.20 Å². The van der Waals surface area contributed by atoms with E-state index in [1.807, 2.05) is 0 Å². The Morgan fingerprint density at radius 1 is 1.55 bits per heavy atom. The Balaban J connectivity index is 2.16. The number of imidazole rings is 1. The number of nitrogens with zero attached hydrogens (tertiary/aromatic N) is 4. The molecule has 110 valence electrons. The van der Waals surface area contributed by atoms with E-state index in [1.54, 1.807) is 11.6 Å². The number of aromatic nitrogens is 2. The predicted octanol–water partition coefficient (Wildman–Crippen LogP) is 0.607. The summed E-state index contributed by atoms with van der Waals surface area (Å²) in [6.07, 6.45) is 1.55. The zero-order chi connectivity index (χ0) is 14.9. The normalized spacial score (nSPS) is 12.2. The van der Waals surface area contributed by atoms with Crippen LogP contribution in [0.1, 0.15) is 0 Å². The van der Waals surface area contributed by atoms with E-state index in [9.17, 15) is 18.5 Å². The fraction of sp³-hybridized carbons (Fsp3) is 0.444. The highest BCUT2D eigenvalue weighted by Crippen LogP contribution is 2.27. The summed E-state index contributed by atoms with van der Waals surface area (Å²) < 4.78 is 25.6. The SMILES string of the molecule is CN(C)S(=O)(=O)CCNc1nc2sccn2c1[N+](=O)[O-]. The van der Waals surface area contributed by atoms with Crippen LogP contribution >= 0.6 is 11.3 Å². The molecule has 9 nitrogen and oxygen atoms in total. The zero-order valence-corrected chi connectivity index (χ0v) is 12.4. The van der Waals surface area contributed by atoms with Crippen molar-refractivity contribution in [2.75, 3.05) is 31.7 Å². The minimum Gasteiger partial charge on any atom is -0.362 e. The van der Waals surface area contributed by atoms with Gasteiger partial charge in [0.2, 0.25) is 15.8 Å². The maximum absolute atomic E-state index is 11.6. The van der Waals surface area contributed by atoms with Gasteiger partial charge >= 0.3 is 5.82 Å². The molecule has 0 atom stereocenters. The highest BCUT2D eigenvalue weighted by Gasteiger charge is 2.23. The van der Waals surface area contributed by atoms with Gasteiger partial charge in [-0.3, -0.25) is 0 Å². The fourth-order valence-corrected chi connectivity index (χ4v) is 2.98. The van der Waals surface area contributed by atoms with Crippen molar-refractivity contribution < 1.29 is 13.3 Å². The lowest BCUT2D eigenvalue weighted by Gasteiger charge is -2.11. The van der Waals surface area contributed by atoms with Gasteiger partial charge in [-0.25, -0.2) is 12.7 Å². The van der Waals surface area contributed by atoms with Gasteiger partial charge in [0.25, 0.3) is 4.96 Å². The highest BCUT2D eigenvalue weighted by molar-refractivity contribution is 7.89. The van der Waals surface area contributed by atoms with Gasteiger partial charge in [-0.05, 0) is 4.92 Å². The molecule has 0 aliphatic rings. The Hall–Kier alpha value is -1.72. The highest BCUT2D eigenvalue weighted by atomic mass is 32.2. The lowest BCUT2D eigenvalue weighted by atomic mass is 10.6. The minimum atomic E-state index is -3.35. The van der Waals surface area contributed by atoms with E-state index in [0.29, 0.717) is 4.96 Å². The summed E-state index contributed by atoms with van der Waals surface area (Å²) in [6.45, 7) is 0.0478. The van der Waals surface area contributed by atoms with Gasteiger partial charge in [-0.15, -0.1) is 0 Å². The number of nitro groups is 1. The van der Waals surface area contributed by atoms with E-state index in [1.165, 1.54) is 29.8 Å². The molecule has 2 heterocycles. The summed E-state index contributed by atoms with van der Waals surface area (Å²) in [5.74, 6) is -0.276. The largest absolute Gasteiger partial charge is 0.372 e. The van der Waals surface area contributed by atoms with Crippen LogP contribution in [0.5, 0.6) is 0 Å². The Labute approximate surface area is 119 Å². The number of sulfonamides is 1. The molecule has 11 heteroatoms. The first-order chi connectivity index (χ1) is 9.33. The van der Waals surface area contributed by atoms with Gasteiger partial charge in [-0.2, -0.15) is 9.38 Å². The molecule has 2 aromatic rings. The Morgan fingerprint density at radius 2 is 2.25 bits per heavy atom. The molecule has 0 aliphatic carbocycles. The van der Waals surface area contributed by atoms with E-state index < -0.39 is 14.9 Å². The van der Waals surface area contributed by atoms with Crippen LogP contribution in [-0.4, -0.2) is 53.4 Å². The van der Waals surface area contributed by atoms with Crippen molar-refractivity contribution in [2.45, 2.75) is 0 Å². The third-order valence-corrected chi connectivity index (χ3v) is 5.21. The molecule has 0 saturated heterocycles. The standard InChI is InChI=1S/C9H13N5O4S2/c1-12(2)20(17,18)6-3-10-7-8(14(15)16)13-4-5-19-9(13)11-7/h4-5,10H,3,6H2,1-2H3. The monoisotopic (exact) mass is 319 g/mol. The Kier molecular flexibility index (Phi) is 3.92. The summed E-state index contributed by atoms with van der Waals surface area (Å²) >= 11 is 1.26. The molecule has 0 saturated carbocycles. The number of nitrogens with one attached hydrogen (secondary N) is 1. The smallest absolute Gasteiger partial charge is 0.362 e. The lowest BCUT2D eigenvalue weighted by Crippen LogP contribution is -2.28. The summed E-state index contributed by atoms with van der Waals surface area (Å²) in [4.78, 5) is 15.1. The number of thiazole rings is 1. The Bertz CT molecular complexity index is 733. The molecule has 0 aliphatic heterocycles. The topological polar surface area (TPSA) is 110 Å². The van der Waals surface area contributed by atoms with E-state index in [4.69, 9.17) is 0 Å². The quantitative estimate of drug-likeness (QED) is 0.617. The molecule has 20 heavy (non-hydrogen) atoms. The van der Waals surface area contributed by atoms with Gasteiger partial charge in [0, 0.05) is 26.0 Å². The number of hydrogen-bond donors (Lipinski definition) is 1. The molecule has 0 fully saturated rings. The second kappa shape index (κ2) is 5.34. The number of hydrogen-bond acceptors (Lipinski definition) is 7. The van der Waals surface area contributed by atoms with Crippen molar-refractivity contribution in [3.63, 3.8) is 0 Å². The molecule has 0 spiro atoms. The maximum Gasteiger partial charge on any atom is 0.372 e. The van der Waals surface area contributed by atoms with Crippen molar-refractivity contribution in [3.05, 3.63) is 21.7 Å². The Morgan fingerprint density at radius 3 is 2.85 bits per heavy atom. The van der Waals surface area contributed by atoms with E-state index >= 15 is 0 Å². The van der Waals surface area contributed by atoms with Gasteiger partial charge < -0.3 is 15.4 Å². The summed E-state index contributed by atoms with van der Waals surface area (Å²) in [7, 11) is -0.479. The molecule has 0 radical (unpaired) electrons. The lowest BCUT2D eigenvalue weighted by molar-refractivity contribution is -0.389. The van der Waals surface area contributed by atoms with Crippen LogP contribution in [0.25, 0.3) is 4.96 Å². The molecule has 0 aromatic carbocycles. The van der Waals surface area contributed by atoms with Crippen LogP contribution < -0.4 is 5.32 Å². The van der Waals surface area contributed by atoms with E-state index in [2.05, 4.69) is 10.3 Å². The molecule has 0 bridgehead atoms. The van der Waals surface area contributed by atoms with Crippen molar-refractivity contribution in [3.8, 4) is 0 Å². The minimum absolute atomic E-state index is 0.0478. The zero-order valence-electron chi connectivity index (χ0n) is 10.8. The first-order valence-corrected chi connectivity index (χ1v) is 8.06. The second-order valence-corrected chi connectivity index (χ2v) is 7.30. The summed E-state index contributed by atoms with van der Waals surface area (Å²) in [6, 6.07) is 0. The van der Waals surface area contributed by atoms with Crippen LogP contribution in [0.4, 0.5) is 11.6 Å². The molecular formula is C9H13N5O4S2. The second-order valence-electron chi connectivity index (χ2n) is 4.12. The fourth-order valence-electron chi connectivity index (χ4n) is 1.55. The predicted molar refractivity (Wildman–Crippen MR) is 75.7 cm³/mol. The van der Waals surface area contributed by atoms with Gasteiger partial charge in [0.15, 0.2) is 0 Å². The maximum atomic E-state index is 11.6. The average molecular weight is 319 g/mol. The third-order valence-electron chi connectivity index (χ3n) is 2.62. The van der Waals surface area contributed by atoms with Gasteiger partial charge in [-0.1, -0.05) is 11.3 Å². The summed E-state index contributed by atoms with van der Waals surface area (Å²) in [5, 5.41) is 15.4. The molecule has 1 N–H and O–H groups in total. The first kappa shape index (κ1) is 14.7. The van der Waals surface area contributed by atoms with Crippen LogP contribution in [0.3, 0.4) is 0 Å². The van der Waals surface area contributed by atoms with Crippen LogP contribution in [0.2, 0.25) is 0 Å². The van der Waals surface area contributed by atoms with Crippen molar-refractivity contribution in [2.24, 2.45) is 0 Å². The van der Waals surface area contributed by atoms with Crippen molar-refractivity contribution in [1.82, 2.24) is 13.7 Å². The number of anilines is 1. The van der Waals surface area contributed by atoms with E-state index in [0.717, 1.165) is 4.31 Å². The summed E-state index contributed by atoms with van der Waals surface area (Å²) in [5.41, 5.74) is 0. The third kappa shape index (κ3) is 2.73. The number of rotatable bonds is 6. The molecule has 2 aromatic heterocycles. The molecular weight excluding hydrogens is 306 g/mol. The van der Waals surface area contributed by atoms with Crippen LogP contribution in [0.15, 0.2) is 11.6 Å².